The van der Waals surface area contributed by atoms with Crippen molar-refractivity contribution in [2.24, 2.45) is 0 Å². The van der Waals surface area contributed by atoms with Crippen LogP contribution in [0.15, 0.2) is 42.6 Å². The number of esters is 1. The Labute approximate surface area is 129 Å². The topological polar surface area (TPSA) is 42.4 Å². The largest absolute Gasteiger partial charge is 0.465 e. The minimum atomic E-state index is -0.372. The standard InChI is InChI=1S/C16H17ClN2O2/c1-19(10-12-3-6-14(17)7-4-12)11-15-8-5-13(9-18-15)16(20)21-2/h3-9H,10-11H2,1-2H3. The number of methoxy groups -OCH3 is 1. The fourth-order valence-electron chi connectivity index (χ4n) is 1.99. The maximum Gasteiger partial charge on any atom is 0.339 e. The van der Waals surface area contributed by atoms with Crippen LogP contribution >= 0.6 is 11.6 Å². The number of rotatable bonds is 5. The fourth-order valence-corrected chi connectivity index (χ4v) is 2.12. The van der Waals surface area contributed by atoms with E-state index in [1.807, 2.05) is 37.4 Å². The van der Waals surface area contributed by atoms with Crippen LogP contribution in [-0.4, -0.2) is 30.0 Å². The van der Waals surface area contributed by atoms with Gasteiger partial charge in [0.05, 0.1) is 18.4 Å². The molecule has 0 aliphatic heterocycles. The van der Waals surface area contributed by atoms with Crippen LogP contribution in [0.25, 0.3) is 0 Å². The van der Waals surface area contributed by atoms with Crippen molar-refractivity contribution < 1.29 is 9.53 Å². The summed E-state index contributed by atoms with van der Waals surface area (Å²) in [4.78, 5) is 17.8. The number of aromatic nitrogens is 1. The molecule has 0 unspecified atom stereocenters. The van der Waals surface area contributed by atoms with E-state index in [0.29, 0.717) is 12.1 Å². The molecule has 2 rings (SSSR count). The van der Waals surface area contributed by atoms with E-state index < -0.39 is 0 Å². The fraction of sp³-hybridized carbons (Fsp3) is 0.250. The van der Waals surface area contributed by atoms with E-state index in [2.05, 4.69) is 14.6 Å². The van der Waals surface area contributed by atoms with Gasteiger partial charge in [-0.1, -0.05) is 23.7 Å². The molecular formula is C16H17ClN2O2. The Morgan fingerprint density at radius 1 is 1.19 bits per heavy atom. The molecule has 0 fully saturated rings. The van der Waals surface area contributed by atoms with Gasteiger partial charge in [-0.25, -0.2) is 4.79 Å². The lowest BCUT2D eigenvalue weighted by atomic mass is 10.2. The Morgan fingerprint density at radius 3 is 2.48 bits per heavy atom. The Balaban J connectivity index is 1.94. The Morgan fingerprint density at radius 2 is 1.90 bits per heavy atom. The van der Waals surface area contributed by atoms with Gasteiger partial charge in [0.2, 0.25) is 0 Å². The quantitative estimate of drug-likeness (QED) is 0.796. The first-order chi connectivity index (χ1) is 10.1. The molecule has 110 valence electrons. The number of pyridine rings is 1. The molecule has 5 heteroatoms. The molecule has 0 aliphatic carbocycles. The van der Waals surface area contributed by atoms with Crippen molar-refractivity contribution in [3.63, 3.8) is 0 Å². The molecule has 0 amide bonds. The van der Waals surface area contributed by atoms with Gasteiger partial charge in [-0.2, -0.15) is 0 Å². The number of nitrogens with zero attached hydrogens (tertiary/aromatic N) is 2. The van der Waals surface area contributed by atoms with Crippen LogP contribution in [0.4, 0.5) is 0 Å². The molecule has 0 N–H and O–H groups in total. The molecular weight excluding hydrogens is 288 g/mol. The third kappa shape index (κ3) is 4.55. The molecule has 0 saturated heterocycles. The number of benzene rings is 1. The van der Waals surface area contributed by atoms with Gasteiger partial charge >= 0.3 is 5.97 Å². The summed E-state index contributed by atoms with van der Waals surface area (Å²) < 4.78 is 4.65. The number of hydrogen-bond donors (Lipinski definition) is 0. The molecule has 0 aliphatic rings. The summed E-state index contributed by atoms with van der Waals surface area (Å²) in [6, 6.07) is 11.3. The molecule has 0 saturated carbocycles. The van der Waals surface area contributed by atoms with Crippen LogP contribution in [0, 0.1) is 0 Å². The van der Waals surface area contributed by atoms with E-state index in [-0.39, 0.29) is 5.97 Å². The maximum atomic E-state index is 11.3. The molecule has 1 heterocycles. The highest BCUT2D eigenvalue weighted by atomic mass is 35.5. The van der Waals surface area contributed by atoms with Crippen molar-refractivity contribution in [2.45, 2.75) is 13.1 Å². The highest BCUT2D eigenvalue weighted by Gasteiger charge is 2.07. The molecule has 21 heavy (non-hydrogen) atoms. The summed E-state index contributed by atoms with van der Waals surface area (Å²) >= 11 is 5.87. The number of ether oxygens (including phenoxy) is 1. The zero-order valence-electron chi connectivity index (χ0n) is 12.0. The molecule has 1 aromatic heterocycles. The number of hydrogen-bond acceptors (Lipinski definition) is 4. The third-order valence-electron chi connectivity index (χ3n) is 3.04. The van der Waals surface area contributed by atoms with E-state index in [0.717, 1.165) is 17.3 Å². The number of carbonyl (C=O) groups excluding carboxylic acids is 1. The second kappa shape index (κ2) is 7.20. The van der Waals surface area contributed by atoms with Gasteiger partial charge in [0.1, 0.15) is 0 Å². The average Bonchev–Trinajstić information content (AvgIpc) is 2.49. The summed E-state index contributed by atoms with van der Waals surface area (Å²) in [5.74, 6) is -0.372. The minimum Gasteiger partial charge on any atom is -0.465 e. The van der Waals surface area contributed by atoms with Gasteiger partial charge in [-0.05, 0) is 36.9 Å². The molecule has 1 aromatic carbocycles. The third-order valence-corrected chi connectivity index (χ3v) is 3.30. The normalized spacial score (nSPS) is 10.7. The zero-order valence-corrected chi connectivity index (χ0v) is 12.8. The van der Waals surface area contributed by atoms with Crippen molar-refractivity contribution in [3.05, 3.63) is 64.4 Å². The Bertz CT molecular complexity index is 597. The first-order valence-electron chi connectivity index (χ1n) is 6.54. The van der Waals surface area contributed by atoms with Crippen LogP contribution in [-0.2, 0) is 17.8 Å². The van der Waals surface area contributed by atoms with Gasteiger partial charge in [-0.15, -0.1) is 0 Å². The molecule has 0 atom stereocenters. The van der Waals surface area contributed by atoms with Crippen molar-refractivity contribution in [3.8, 4) is 0 Å². The predicted octanol–water partition coefficient (Wildman–Crippen LogP) is 3.15. The Hall–Kier alpha value is -1.91. The van der Waals surface area contributed by atoms with Crippen LogP contribution in [0.3, 0.4) is 0 Å². The van der Waals surface area contributed by atoms with Crippen LogP contribution in [0.2, 0.25) is 5.02 Å². The van der Waals surface area contributed by atoms with E-state index in [9.17, 15) is 4.79 Å². The smallest absolute Gasteiger partial charge is 0.339 e. The second-order valence-electron chi connectivity index (χ2n) is 4.83. The summed E-state index contributed by atoms with van der Waals surface area (Å²) in [6.07, 6.45) is 1.54. The molecule has 4 nitrogen and oxygen atoms in total. The molecule has 0 radical (unpaired) electrons. The zero-order chi connectivity index (χ0) is 15.2. The van der Waals surface area contributed by atoms with Crippen LogP contribution < -0.4 is 0 Å². The minimum absolute atomic E-state index is 0.372. The maximum absolute atomic E-state index is 11.3. The van der Waals surface area contributed by atoms with Crippen LogP contribution in [0.5, 0.6) is 0 Å². The predicted molar refractivity (Wildman–Crippen MR) is 82.2 cm³/mol. The molecule has 0 spiro atoms. The first-order valence-corrected chi connectivity index (χ1v) is 6.92. The van der Waals surface area contributed by atoms with Crippen molar-refractivity contribution >= 4 is 17.6 Å². The monoisotopic (exact) mass is 304 g/mol. The summed E-state index contributed by atoms with van der Waals surface area (Å²) in [5, 5.41) is 0.737. The summed E-state index contributed by atoms with van der Waals surface area (Å²) in [7, 11) is 3.38. The van der Waals surface area contributed by atoms with Gasteiger partial charge < -0.3 is 4.74 Å². The number of halogens is 1. The highest BCUT2D eigenvalue weighted by Crippen LogP contribution is 2.12. The SMILES string of the molecule is COC(=O)c1ccc(CN(C)Cc2ccc(Cl)cc2)nc1. The van der Waals surface area contributed by atoms with Crippen molar-refractivity contribution in [1.82, 2.24) is 9.88 Å². The molecule has 2 aromatic rings. The van der Waals surface area contributed by atoms with Crippen molar-refractivity contribution in [2.75, 3.05) is 14.2 Å². The second-order valence-corrected chi connectivity index (χ2v) is 5.26. The lowest BCUT2D eigenvalue weighted by molar-refractivity contribution is 0.0600. The Kier molecular flexibility index (Phi) is 5.31. The number of carbonyl (C=O) groups is 1. The van der Waals surface area contributed by atoms with Crippen LogP contribution in [0.1, 0.15) is 21.6 Å². The van der Waals surface area contributed by atoms with E-state index >= 15 is 0 Å². The first kappa shape index (κ1) is 15.5. The van der Waals surface area contributed by atoms with Gasteiger partial charge in [0.25, 0.3) is 0 Å². The lowest BCUT2D eigenvalue weighted by Gasteiger charge is -2.16. The van der Waals surface area contributed by atoms with E-state index in [4.69, 9.17) is 11.6 Å². The summed E-state index contributed by atoms with van der Waals surface area (Å²) in [5.41, 5.74) is 2.55. The summed E-state index contributed by atoms with van der Waals surface area (Å²) in [6.45, 7) is 1.50. The van der Waals surface area contributed by atoms with Gasteiger partial charge in [0, 0.05) is 24.3 Å². The average molecular weight is 305 g/mol. The van der Waals surface area contributed by atoms with Gasteiger partial charge in [0.15, 0.2) is 0 Å². The van der Waals surface area contributed by atoms with E-state index in [1.165, 1.54) is 18.9 Å². The highest BCUT2D eigenvalue weighted by molar-refractivity contribution is 6.30. The van der Waals surface area contributed by atoms with E-state index in [1.54, 1.807) is 6.07 Å². The van der Waals surface area contributed by atoms with Crippen molar-refractivity contribution in [1.29, 1.82) is 0 Å². The lowest BCUT2D eigenvalue weighted by Crippen LogP contribution is -2.18. The molecule has 0 bridgehead atoms. The van der Waals surface area contributed by atoms with Gasteiger partial charge in [-0.3, -0.25) is 9.88 Å².